The number of sulfonamides is 1. The Bertz CT molecular complexity index is 1710. The number of alkyl halides is 3. The lowest BCUT2D eigenvalue weighted by atomic mass is 9.86. The molecule has 0 unspecified atom stereocenters. The van der Waals surface area contributed by atoms with Crippen molar-refractivity contribution in [3.8, 4) is 11.1 Å². The lowest BCUT2D eigenvalue weighted by molar-refractivity contribution is -0.129. The number of anilines is 1. The van der Waals surface area contributed by atoms with Crippen LogP contribution in [0.3, 0.4) is 0 Å². The Morgan fingerprint density at radius 1 is 1.13 bits per heavy atom. The van der Waals surface area contributed by atoms with Gasteiger partial charge in [-0.2, -0.15) is 18.2 Å². The SMILES string of the molecule is CC(C)n1c(=O)c(-c2ccc(NS(=O)(=O)CCC(F)(F)F)c(F)c2)cc2cnc(N=CC3CCC(N4CCOCC4)CC3)nc21. The number of benzene rings is 1. The van der Waals surface area contributed by atoms with Crippen molar-refractivity contribution in [2.45, 2.75) is 64.2 Å². The topological polar surface area (TPSA) is 119 Å². The first-order chi connectivity index (χ1) is 21.3. The Morgan fingerprint density at radius 3 is 2.49 bits per heavy atom. The number of morpholine rings is 1. The molecule has 0 radical (unpaired) electrons. The molecule has 2 fully saturated rings. The molecule has 15 heteroatoms. The number of nitrogens with zero attached hydrogens (tertiary/aromatic N) is 5. The summed E-state index contributed by atoms with van der Waals surface area (Å²) in [4.78, 5) is 29.6. The monoisotopic (exact) mass is 652 g/mol. The Balaban J connectivity index is 1.34. The van der Waals surface area contributed by atoms with Crippen LogP contribution in [0, 0.1) is 11.7 Å². The van der Waals surface area contributed by atoms with Crippen molar-refractivity contribution < 1.29 is 30.7 Å². The van der Waals surface area contributed by atoms with Crippen molar-refractivity contribution in [1.82, 2.24) is 19.4 Å². The number of hydrogen-bond donors (Lipinski definition) is 1. The normalized spacial score (nSPS) is 20.3. The van der Waals surface area contributed by atoms with E-state index in [1.165, 1.54) is 16.7 Å². The van der Waals surface area contributed by atoms with Crippen LogP contribution in [0.5, 0.6) is 0 Å². The van der Waals surface area contributed by atoms with Crippen molar-refractivity contribution >= 4 is 38.9 Å². The molecule has 3 heterocycles. The number of nitrogens with one attached hydrogen (secondary N) is 1. The molecule has 1 saturated carbocycles. The van der Waals surface area contributed by atoms with Gasteiger partial charge in [0.1, 0.15) is 11.5 Å². The van der Waals surface area contributed by atoms with Crippen molar-refractivity contribution in [3.63, 3.8) is 0 Å². The molecule has 1 saturated heterocycles. The second-order valence-corrected chi connectivity index (χ2v) is 13.6. The standard InChI is InChI=1S/C30H36F4N6O4S/c1-19(2)40-27-22(18-36-29(37-27)35-17-20-3-6-23(7-4-20)39-10-12-44-13-11-39)15-24(28(40)41)21-5-8-26(25(31)16-21)38-45(42,43)14-9-30(32,33)34/h5,8,15-20,23,38H,3-4,6-7,9-14H2,1-2H3. The van der Waals surface area contributed by atoms with Gasteiger partial charge in [-0.1, -0.05) is 6.07 Å². The van der Waals surface area contributed by atoms with E-state index in [1.54, 1.807) is 6.20 Å². The van der Waals surface area contributed by atoms with Gasteiger partial charge in [-0.3, -0.25) is 19.0 Å². The molecule has 0 bridgehead atoms. The first kappa shape index (κ1) is 32.9. The Kier molecular flexibility index (Phi) is 9.89. The highest BCUT2D eigenvalue weighted by Crippen LogP contribution is 2.29. The Morgan fingerprint density at radius 2 is 1.84 bits per heavy atom. The van der Waals surface area contributed by atoms with Crippen molar-refractivity contribution in [2.75, 3.05) is 36.8 Å². The fraction of sp³-hybridized carbons (Fsp3) is 0.533. The maximum Gasteiger partial charge on any atom is 0.390 e. The van der Waals surface area contributed by atoms with Gasteiger partial charge in [-0.05, 0) is 69.2 Å². The number of ether oxygens (including phenoxy) is 1. The van der Waals surface area contributed by atoms with Crippen molar-refractivity contribution in [3.05, 3.63) is 46.6 Å². The fourth-order valence-electron chi connectivity index (χ4n) is 5.82. The van der Waals surface area contributed by atoms with E-state index in [4.69, 9.17) is 4.74 Å². The molecule has 3 aromatic rings. The molecule has 1 aliphatic carbocycles. The molecule has 1 aliphatic heterocycles. The highest BCUT2D eigenvalue weighted by molar-refractivity contribution is 7.92. The first-order valence-corrected chi connectivity index (χ1v) is 16.6. The van der Waals surface area contributed by atoms with Gasteiger partial charge in [0.15, 0.2) is 0 Å². The van der Waals surface area contributed by atoms with E-state index < -0.39 is 45.4 Å². The number of hydrogen-bond acceptors (Lipinski definition) is 8. The Labute approximate surface area is 258 Å². The largest absolute Gasteiger partial charge is 0.390 e. The van der Waals surface area contributed by atoms with Gasteiger partial charge in [0.25, 0.3) is 11.5 Å². The van der Waals surface area contributed by atoms with E-state index in [1.807, 2.05) is 24.8 Å². The molecule has 1 N–H and O–H groups in total. The van der Waals surface area contributed by atoms with Crippen molar-refractivity contribution in [2.24, 2.45) is 10.9 Å². The molecule has 2 aromatic heterocycles. The summed E-state index contributed by atoms with van der Waals surface area (Å²) in [5.41, 5.74) is -0.330. The zero-order valence-electron chi connectivity index (χ0n) is 25.1. The van der Waals surface area contributed by atoms with E-state index in [-0.39, 0.29) is 23.1 Å². The summed E-state index contributed by atoms with van der Waals surface area (Å²) in [6.07, 6.45) is 1.42. The van der Waals surface area contributed by atoms with Crippen LogP contribution in [0.15, 0.2) is 40.2 Å². The van der Waals surface area contributed by atoms with Crippen molar-refractivity contribution in [1.29, 1.82) is 0 Å². The van der Waals surface area contributed by atoms with E-state index in [2.05, 4.69) is 19.9 Å². The molecular weight excluding hydrogens is 616 g/mol. The van der Waals surface area contributed by atoms with E-state index in [9.17, 15) is 30.8 Å². The average Bonchev–Trinajstić information content (AvgIpc) is 3.00. The van der Waals surface area contributed by atoms with Crippen LogP contribution in [-0.2, 0) is 14.8 Å². The number of rotatable bonds is 9. The van der Waals surface area contributed by atoms with E-state index >= 15 is 0 Å². The highest BCUT2D eigenvalue weighted by atomic mass is 32.2. The van der Waals surface area contributed by atoms with Gasteiger partial charge in [0, 0.05) is 48.5 Å². The van der Waals surface area contributed by atoms with Crippen LogP contribution < -0.4 is 10.3 Å². The van der Waals surface area contributed by atoms with E-state index in [0.717, 1.165) is 64.1 Å². The molecule has 244 valence electrons. The summed E-state index contributed by atoms with van der Waals surface area (Å²) in [6.45, 7) is 7.14. The second-order valence-electron chi connectivity index (χ2n) is 11.8. The number of aliphatic imine (C=N–C) groups is 1. The predicted octanol–water partition coefficient (Wildman–Crippen LogP) is 5.47. The van der Waals surface area contributed by atoms with Crippen LogP contribution >= 0.6 is 0 Å². The Hall–Kier alpha value is -3.43. The van der Waals surface area contributed by atoms with Gasteiger partial charge in [0.2, 0.25) is 10.0 Å². The molecule has 0 amide bonds. The summed E-state index contributed by atoms with van der Waals surface area (Å²) in [5.74, 6) is -1.75. The first-order valence-electron chi connectivity index (χ1n) is 14.9. The molecule has 45 heavy (non-hydrogen) atoms. The molecule has 0 spiro atoms. The number of fused-ring (bicyclic) bond motifs is 1. The highest BCUT2D eigenvalue weighted by Gasteiger charge is 2.30. The van der Waals surface area contributed by atoms with Gasteiger partial charge < -0.3 is 4.74 Å². The smallest absolute Gasteiger partial charge is 0.379 e. The third kappa shape index (κ3) is 8.24. The van der Waals surface area contributed by atoms with E-state index in [0.29, 0.717) is 23.0 Å². The molecule has 2 aliphatic rings. The van der Waals surface area contributed by atoms with Crippen LogP contribution in [0.4, 0.5) is 29.2 Å². The fourth-order valence-corrected chi connectivity index (χ4v) is 6.93. The quantitative estimate of drug-likeness (QED) is 0.241. The third-order valence-corrected chi connectivity index (χ3v) is 9.45. The minimum absolute atomic E-state index is 0.124. The summed E-state index contributed by atoms with van der Waals surface area (Å²) < 4.78 is 85.2. The molecule has 5 rings (SSSR count). The average molecular weight is 653 g/mol. The molecule has 0 atom stereocenters. The number of halogens is 4. The third-order valence-electron chi connectivity index (χ3n) is 8.18. The van der Waals surface area contributed by atoms with Gasteiger partial charge in [-0.25, -0.2) is 22.8 Å². The second kappa shape index (κ2) is 13.5. The summed E-state index contributed by atoms with van der Waals surface area (Å²) in [5, 5.41) is 0.514. The number of pyridine rings is 1. The number of aromatic nitrogens is 3. The molecular formula is C30H36F4N6O4S. The summed E-state index contributed by atoms with van der Waals surface area (Å²) >= 11 is 0. The summed E-state index contributed by atoms with van der Waals surface area (Å²) in [6, 6.07) is 5.13. The lowest BCUT2D eigenvalue weighted by Crippen LogP contribution is -2.45. The molecule has 10 nitrogen and oxygen atoms in total. The lowest BCUT2D eigenvalue weighted by Gasteiger charge is -2.38. The minimum atomic E-state index is -4.68. The zero-order valence-corrected chi connectivity index (χ0v) is 25.9. The van der Waals surface area contributed by atoms with Gasteiger partial charge in [-0.15, -0.1) is 0 Å². The van der Waals surface area contributed by atoms with Gasteiger partial charge in [0.05, 0.1) is 31.1 Å². The maximum atomic E-state index is 14.9. The van der Waals surface area contributed by atoms with Crippen LogP contribution in [0.25, 0.3) is 22.2 Å². The van der Waals surface area contributed by atoms with Gasteiger partial charge >= 0.3 is 6.18 Å². The molecule has 1 aromatic carbocycles. The maximum absolute atomic E-state index is 14.9. The minimum Gasteiger partial charge on any atom is -0.379 e. The summed E-state index contributed by atoms with van der Waals surface area (Å²) in [7, 11) is -4.46. The predicted molar refractivity (Wildman–Crippen MR) is 164 cm³/mol. The van der Waals surface area contributed by atoms with Crippen LogP contribution in [-0.4, -0.2) is 78.3 Å². The zero-order chi connectivity index (χ0) is 32.4. The van der Waals surface area contributed by atoms with Crippen LogP contribution in [0.2, 0.25) is 0 Å². The van der Waals surface area contributed by atoms with Crippen LogP contribution in [0.1, 0.15) is 52.0 Å².